The van der Waals surface area contributed by atoms with Crippen molar-refractivity contribution in [3.05, 3.63) is 35.4 Å². The van der Waals surface area contributed by atoms with Gasteiger partial charge in [-0.2, -0.15) is 0 Å². The average Bonchev–Trinajstić information content (AvgIpc) is 2.26. The number of esters is 1. The Balaban J connectivity index is 2.96. The highest BCUT2D eigenvalue weighted by atomic mass is 19.1. The molecule has 0 saturated carbocycles. The molecule has 1 N–H and O–H groups in total. The minimum absolute atomic E-state index is 0.126. The monoisotopic (exact) mass is 230 g/mol. The molecule has 16 heavy (non-hydrogen) atoms. The molecule has 1 aromatic carbocycles. The number of aliphatic hydroxyl groups is 1. The van der Waals surface area contributed by atoms with E-state index >= 15 is 0 Å². The zero-order chi connectivity index (χ0) is 12.3. The van der Waals surface area contributed by atoms with E-state index in [1.54, 1.807) is 0 Å². The van der Waals surface area contributed by atoms with Gasteiger partial charge in [-0.25, -0.2) is 8.78 Å². The summed E-state index contributed by atoms with van der Waals surface area (Å²) >= 11 is 0. The second-order valence-corrected chi connectivity index (χ2v) is 3.42. The van der Waals surface area contributed by atoms with Crippen molar-refractivity contribution in [1.29, 1.82) is 0 Å². The van der Waals surface area contributed by atoms with Crippen molar-refractivity contribution in [1.82, 2.24) is 0 Å². The van der Waals surface area contributed by atoms with Gasteiger partial charge < -0.3 is 9.84 Å². The highest BCUT2D eigenvalue weighted by Gasteiger charge is 2.26. The third-order valence-electron chi connectivity index (χ3n) is 2.33. The lowest BCUT2D eigenvalue weighted by Gasteiger charge is -2.17. The number of carbonyl (C=O) groups is 1. The van der Waals surface area contributed by atoms with Gasteiger partial charge in [0, 0.05) is 11.6 Å². The van der Waals surface area contributed by atoms with Crippen LogP contribution in [0, 0.1) is 17.6 Å². The number of hydrogen-bond acceptors (Lipinski definition) is 3. The van der Waals surface area contributed by atoms with Gasteiger partial charge in [-0.3, -0.25) is 4.79 Å². The first-order chi connectivity index (χ1) is 7.47. The lowest BCUT2D eigenvalue weighted by molar-refractivity contribution is -0.148. The van der Waals surface area contributed by atoms with Crippen molar-refractivity contribution in [3.8, 4) is 0 Å². The number of benzene rings is 1. The number of methoxy groups -OCH3 is 1. The second kappa shape index (κ2) is 5.03. The summed E-state index contributed by atoms with van der Waals surface area (Å²) in [5.41, 5.74) is -0.126. The van der Waals surface area contributed by atoms with Gasteiger partial charge in [-0.1, -0.05) is 6.07 Å². The van der Waals surface area contributed by atoms with Crippen LogP contribution in [-0.4, -0.2) is 18.2 Å². The van der Waals surface area contributed by atoms with Gasteiger partial charge in [0.1, 0.15) is 11.6 Å². The van der Waals surface area contributed by atoms with Gasteiger partial charge >= 0.3 is 5.97 Å². The van der Waals surface area contributed by atoms with Crippen LogP contribution in [0.25, 0.3) is 0 Å². The molecule has 5 heteroatoms. The summed E-state index contributed by atoms with van der Waals surface area (Å²) in [5, 5.41) is 9.70. The Morgan fingerprint density at radius 2 is 2.06 bits per heavy atom. The van der Waals surface area contributed by atoms with Gasteiger partial charge in [-0.15, -0.1) is 0 Å². The largest absolute Gasteiger partial charge is 0.469 e. The summed E-state index contributed by atoms with van der Waals surface area (Å²) in [7, 11) is 1.17. The molecule has 3 nitrogen and oxygen atoms in total. The van der Waals surface area contributed by atoms with E-state index in [4.69, 9.17) is 0 Å². The third kappa shape index (κ3) is 2.55. The van der Waals surface area contributed by atoms with Crippen LogP contribution in [0.1, 0.15) is 18.6 Å². The summed E-state index contributed by atoms with van der Waals surface area (Å²) < 4.78 is 30.3. The molecule has 0 aliphatic carbocycles. The lowest BCUT2D eigenvalue weighted by atomic mass is 9.97. The van der Waals surface area contributed by atoms with E-state index in [2.05, 4.69) is 4.74 Å². The first-order valence-electron chi connectivity index (χ1n) is 4.68. The van der Waals surface area contributed by atoms with E-state index in [0.29, 0.717) is 6.07 Å². The fourth-order valence-corrected chi connectivity index (χ4v) is 1.33. The van der Waals surface area contributed by atoms with Crippen molar-refractivity contribution in [2.75, 3.05) is 7.11 Å². The topological polar surface area (TPSA) is 46.5 Å². The zero-order valence-electron chi connectivity index (χ0n) is 8.91. The molecular formula is C11H12F2O3. The summed E-state index contributed by atoms with van der Waals surface area (Å²) in [4.78, 5) is 11.1. The van der Waals surface area contributed by atoms with Crippen LogP contribution >= 0.6 is 0 Å². The van der Waals surface area contributed by atoms with Gasteiger partial charge in [-0.05, 0) is 13.0 Å². The van der Waals surface area contributed by atoms with Crippen LogP contribution in [0.15, 0.2) is 18.2 Å². The molecule has 0 amide bonds. The predicted octanol–water partition coefficient (Wildman–Crippen LogP) is 1.81. The van der Waals surface area contributed by atoms with E-state index in [-0.39, 0.29) is 5.56 Å². The number of aliphatic hydroxyl groups excluding tert-OH is 1. The summed E-state index contributed by atoms with van der Waals surface area (Å²) in [6, 6.07) is 2.78. The lowest BCUT2D eigenvalue weighted by Crippen LogP contribution is -2.21. The molecule has 2 unspecified atom stereocenters. The molecule has 0 aromatic heterocycles. The molecule has 88 valence electrons. The molecule has 1 aromatic rings. The van der Waals surface area contributed by atoms with Crippen molar-refractivity contribution in [3.63, 3.8) is 0 Å². The highest BCUT2D eigenvalue weighted by Crippen LogP contribution is 2.25. The van der Waals surface area contributed by atoms with Crippen LogP contribution in [0.5, 0.6) is 0 Å². The second-order valence-electron chi connectivity index (χ2n) is 3.42. The Kier molecular flexibility index (Phi) is 3.95. The predicted molar refractivity (Wildman–Crippen MR) is 52.5 cm³/mol. The zero-order valence-corrected chi connectivity index (χ0v) is 8.91. The molecule has 0 heterocycles. The number of ether oxygens (including phenoxy) is 1. The Morgan fingerprint density at radius 3 is 2.56 bits per heavy atom. The molecule has 0 radical (unpaired) electrons. The molecule has 0 saturated heterocycles. The van der Waals surface area contributed by atoms with Crippen LogP contribution in [-0.2, 0) is 9.53 Å². The van der Waals surface area contributed by atoms with Crippen LogP contribution in [0.3, 0.4) is 0 Å². The molecule has 0 fully saturated rings. The number of halogens is 2. The fraction of sp³-hybridized carbons (Fsp3) is 0.364. The number of carbonyl (C=O) groups excluding carboxylic acids is 1. The molecule has 0 spiro atoms. The van der Waals surface area contributed by atoms with E-state index in [1.165, 1.54) is 14.0 Å². The molecule has 0 aliphatic heterocycles. The quantitative estimate of drug-likeness (QED) is 0.805. The van der Waals surface area contributed by atoms with Gasteiger partial charge in [0.25, 0.3) is 0 Å². The van der Waals surface area contributed by atoms with Crippen molar-refractivity contribution >= 4 is 5.97 Å². The van der Waals surface area contributed by atoms with Gasteiger partial charge in [0.2, 0.25) is 0 Å². The maximum absolute atomic E-state index is 13.3. The van der Waals surface area contributed by atoms with Crippen molar-refractivity contribution < 1.29 is 23.4 Å². The van der Waals surface area contributed by atoms with E-state index in [9.17, 15) is 18.7 Å². The van der Waals surface area contributed by atoms with Gasteiger partial charge in [0.05, 0.1) is 19.1 Å². The fourth-order valence-electron chi connectivity index (χ4n) is 1.33. The maximum Gasteiger partial charge on any atom is 0.311 e. The molecule has 2 atom stereocenters. The minimum Gasteiger partial charge on any atom is -0.469 e. The Hall–Kier alpha value is -1.49. The minimum atomic E-state index is -1.35. The van der Waals surface area contributed by atoms with Crippen LogP contribution in [0.2, 0.25) is 0 Å². The summed E-state index contributed by atoms with van der Waals surface area (Å²) in [6.07, 6.45) is -1.35. The van der Waals surface area contributed by atoms with E-state index < -0.39 is 29.6 Å². The first kappa shape index (κ1) is 12.6. The maximum atomic E-state index is 13.3. The average molecular weight is 230 g/mol. The Bertz CT molecular complexity index is 393. The third-order valence-corrected chi connectivity index (χ3v) is 2.33. The number of rotatable bonds is 3. The summed E-state index contributed by atoms with van der Waals surface area (Å²) in [6.45, 7) is 1.40. The molecule has 0 aliphatic rings. The van der Waals surface area contributed by atoms with E-state index in [0.717, 1.165) is 12.1 Å². The van der Waals surface area contributed by atoms with Crippen LogP contribution in [0.4, 0.5) is 8.78 Å². The van der Waals surface area contributed by atoms with Crippen molar-refractivity contribution in [2.45, 2.75) is 13.0 Å². The van der Waals surface area contributed by atoms with Gasteiger partial charge in [0.15, 0.2) is 0 Å². The first-order valence-corrected chi connectivity index (χ1v) is 4.68. The molecule has 1 rings (SSSR count). The SMILES string of the molecule is COC(=O)C(C)C(O)c1ccc(F)cc1F. The van der Waals surface area contributed by atoms with Crippen LogP contribution < -0.4 is 0 Å². The normalized spacial score (nSPS) is 14.3. The van der Waals surface area contributed by atoms with E-state index in [1.807, 2.05) is 0 Å². The highest BCUT2D eigenvalue weighted by molar-refractivity contribution is 5.72. The molecule has 0 bridgehead atoms. The molecular weight excluding hydrogens is 218 g/mol. The number of hydrogen-bond donors (Lipinski definition) is 1. The Morgan fingerprint density at radius 1 is 1.44 bits per heavy atom. The van der Waals surface area contributed by atoms with Crippen molar-refractivity contribution in [2.24, 2.45) is 5.92 Å². The Labute approximate surface area is 91.7 Å². The summed E-state index contributed by atoms with van der Waals surface area (Å²) in [5.74, 6) is -3.19. The smallest absolute Gasteiger partial charge is 0.311 e. The standard InChI is InChI=1S/C11H12F2O3/c1-6(11(15)16-2)10(14)8-4-3-7(12)5-9(8)13/h3-6,10,14H,1-2H3.